The Bertz CT molecular complexity index is 543. The number of Topliss-reactive ketones (excluding diaryl/α,β-unsaturated/α-hetero) is 1. The summed E-state index contributed by atoms with van der Waals surface area (Å²) in [6.07, 6.45) is 0. The molecule has 0 fully saturated rings. The van der Waals surface area contributed by atoms with E-state index in [-0.39, 0.29) is 5.78 Å². The van der Waals surface area contributed by atoms with Crippen molar-refractivity contribution in [3.8, 4) is 5.69 Å². The molecule has 4 nitrogen and oxygen atoms in total. The molecule has 0 saturated carbocycles. The van der Waals surface area contributed by atoms with Crippen LogP contribution in [0.4, 0.5) is 5.82 Å². The van der Waals surface area contributed by atoms with Crippen LogP contribution in [-0.4, -0.2) is 22.6 Å². The summed E-state index contributed by atoms with van der Waals surface area (Å²) in [6.45, 7) is 3.40. The van der Waals surface area contributed by atoms with Gasteiger partial charge in [0.1, 0.15) is 5.82 Å². The molecular weight excluding hydrogens is 214 g/mol. The number of hydrogen-bond acceptors (Lipinski definition) is 3. The summed E-state index contributed by atoms with van der Waals surface area (Å²) < 4.78 is 1.76. The van der Waals surface area contributed by atoms with Gasteiger partial charge in [0.25, 0.3) is 0 Å². The standard InChI is InChI=1S/C13H15N3O/c1-9-12(10(2)17)13(14-3)16(15-9)11-7-5-4-6-8-11/h4-8,14H,1-3H3. The summed E-state index contributed by atoms with van der Waals surface area (Å²) in [5.74, 6) is 0.759. The zero-order valence-corrected chi connectivity index (χ0v) is 10.2. The van der Waals surface area contributed by atoms with Gasteiger partial charge in [0.2, 0.25) is 0 Å². The summed E-state index contributed by atoms with van der Waals surface area (Å²) >= 11 is 0. The Balaban J connectivity index is 2.64. The molecule has 0 bridgehead atoms. The normalized spacial score (nSPS) is 10.3. The van der Waals surface area contributed by atoms with Gasteiger partial charge in [-0.05, 0) is 26.0 Å². The SMILES string of the molecule is CNc1c(C(C)=O)c(C)nn1-c1ccccc1. The quantitative estimate of drug-likeness (QED) is 0.822. The third kappa shape index (κ3) is 1.93. The van der Waals surface area contributed by atoms with E-state index in [1.807, 2.05) is 37.3 Å². The van der Waals surface area contributed by atoms with Crippen molar-refractivity contribution < 1.29 is 4.79 Å². The van der Waals surface area contributed by atoms with Crippen molar-refractivity contribution in [2.24, 2.45) is 0 Å². The number of rotatable bonds is 3. The number of hydrogen-bond donors (Lipinski definition) is 1. The predicted molar refractivity (Wildman–Crippen MR) is 67.9 cm³/mol. The third-order valence-corrected chi connectivity index (χ3v) is 2.65. The highest BCUT2D eigenvalue weighted by molar-refractivity contribution is 6.00. The summed E-state index contributed by atoms with van der Waals surface area (Å²) in [6, 6.07) is 9.75. The molecular formula is C13H15N3O. The van der Waals surface area contributed by atoms with Crippen LogP contribution in [0.1, 0.15) is 23.0 Å². The van der Waals surface area contributed by atoms with Crippen LogP contribution in [0.25, 0.3) is 5.69 Å². The molecule has 1 aromatic heterocycles. The minimum atomic E-state index is 0.0223. The zero-order chi connectivity index (χ0) is 12.4. The van der Waals surface area contributed by atoms with Crippen LogP contribution in [-0.2, 0) is 0 Å². The van der Waals surface area contributed by atoms with Crippen LogP contribution in [0, 0.1) is 6.92 Å². The molecule has 88 valence electrons. The van der Waals surface area contributed by atoms with Gasteiger partial charge >= 0.3 is 0 Å². The molecule has 0 aliphatic heterocycles. The number of anilines is 1. The molecule has 0 atom stereocenters. The molecule has 0 amide bonds. The van der Waals surface area contributed by atoms with Gasteiger partial charge < -0.3 is 5.32 Å². The van der Waals surface area contributed by atoms with E-state index in [2.05, 4.69) is 10.4 Å². The Morgan fingerprint density at radius 3 is 2.47 bits per heavy atom. The second-order valence-corrected chi connectivity index (χ2v) is 3.86. The second kappa shape index (κ2) is 4.41. The highest BCUT2D eigenvalue weighted by Gasteiger charge is 2.18. The van der Waals surface area contributed by atoms with Crippen molar-refractivity contribution in [3.63, 3.8) is 0 Å². The molecule has 0 aliphatic rings. The predicted octanol–water partition coefficient (Wildman–Crippen LogP) is 2.43. The van der Waals surface area contributed by atoms with Crippen molar-refractivity contribution in [3.05, 3.63) is 41.6 Å². The maximum atomic E-state index is 11.6. The van der Waals surface area contributed by atoms with Crippen LogP contribution in [0.15, 0.2) is 30.3 Å². The number of carbonyl (C=O) groups excluding carboxylic acids is 1. The van der Waals surface area contributed by atoms with Crippen molar-refractivity contribution in [1.82, 2.24) is 9.78 Å². The summed E-state index contributed by atoms with van der Waals surface area (Å²) in [5.41, 5.74) is 2.33. The fourth-order valence-corrected chi connectivity index (χ4v) is 1.94. The number of nitrogens with zero attached hydrogens (tertiary/aromatic N) is 2. The molecule has 0 unspecified atom stereocenters. The molecule has 4 heteroatoms. The molecule has 0 spiro atoms. The first-order valence-corrected chi connectivity index (χ1v) is 5.49. The fourth-order valence-electron chi connectivity index (χ4n) is 1.94. The minimum absolute atomic E-state index is 0.0223. The first kappa shape index (κ1) is 11.4. The van der Waals surface area contributed by atoms with Crippen LogP contribution >= 0.6 is 0 Å². The molecule has 1 heterocycles. The van der Waals surface area contributed by atoms with E-state index in [1.54, 1.807) is 18.7 Å². The van der Waals surface area contributed by atoms with E-state index in [1.165, 1.54) is 0 Å². The number of aryl methyl sites for hydroxylation is 1. The van der Waals surface area contributed by atoms with Gasteiger partial charge in [-0.2, -0.15) is 5.10 Å². The number of nitrogens with one attached hydrogen (secondary N) is 1. The van der Waals surface area contributed by atoms with Crippen molar-refractivity contribution in [2.45, 2.75) is 13.8 Å². The van der Waals surface area contributed by atoms with E-state index >= 15 is 0 Å². The molecule has 1 N–H and O–H groups in total. The number of carbonyl (C=O) groups is 1. The lowest BCUT2D eigenvalue weighted by Gasteiger charge is -2.07. The molecule has 1 aromatic carbocycles. The Kier molecular flexibility index (Phi) is 2.95. The molecule has 0 saturated heterocycles. The molecule has 2 aromatic rings. The topological polar surface area (TPSA) is 46.9 Å². The lowest BCUT2D eigenvalue weighted by Crippen LogP contribution is -2.05. The smallest absolute Gasteiger partial charge is 0.165 e. The fraction of sp³-hybridized carbons (Fsp3) is 0.231. The third-order valence-electron chi connectivity index (χ3n) is 2.65. The summed E-state index contributed by atoms with van der Waals surface area (Å²) in [7, 11) is 1.79. The summed E-state index contributed by atoms with van der Waals surface area (Å²) in [4.78, 5) is 11.6. The van der Waals surface area contributed by atoms with Gasteiger partial charge in [-0.3, -0.25) is 4.79 Å². The van der Waals surface area contributed by atoms with Crippen LogP contribution in [0.2, 0.25) is 0 Å². The monoisotopic (exact) mass is 229 g/mol. The zero-order valence-electron chi connectivity index (χ0n) is 10.2. The Labute approximate surface area is 100 Å². The first-order chi connectivity index (χ1) is 8.15. The number of ketones is 1. The minimum Gasteiger partial charge on any atom is -0.372 e. The van der Waals surface area contributed by atoms with Crippen LogP contribution in [0.5, 0.6) is 0 Å². The van der Waals surface area contributed by atoms with Gasteiger partial charge in [0.15, 0.2) is 5.78 Å². The lowest BCUT2D eigenvalue weighted by atomic mass is 10.2. The first-order valence-electron chi connectivity index (χ1n) is 5.49. The maximum absolute atomic E-state index is 11.6. The van der Waals surface area contributed by atoms with Gasteiger partial charge in [-0.1, -0.05) is 18.2 Å². The lowest BCUT2D eigenvalue weighted by molar-refractivity contribution is 0.101. The van der Waals surface area contributed by atoms with Crippen LogP contribution < -0.4 is 5.32 Å². The average molecular weight is 229 g/mol. The van der Waals surface area contributed by atoms with Crippen molar-refractivity contribution in [2.75, 3.05) is 12.4 Å². The van der Waals surface area contributed by atoms with E-state index in [0.717, 1.165) is 17.2 Å². The van der Waals surface area contributed by atoms with Gasteiger partial charge in [-0.25, -0.2) is 4.68 Å². The number of benzene rings is 1. The number of para-hydroxylation sites is 1. The Hall–Kier alpha value is -2.10. The van der Waals surface area contributed by atoms with E-state index in [4.69, 9.17) is 0 Å². The Morgan fingerprint density at radius 2 is 1.94 bits per heavy atom. The van der Waals surface area contributed by atoms with Gasteiger partial charge in [-0.15, -0.1) is 0 Å². The van der Waals surface area contributed by atoms with Gasteiger partial charge in [0, 0.05) is 7.05 Å². The maximum Gasteiger partial charge on any atom is 0.165 e. The van der Waals surface area contributed by atoms with Crippen LogP contribution in [0.3, 0.4) is 0 Å². The average Bonchev–Trinajstić information content (AvgIpc) is 2.67. The second-order valence-electron chi connectivity index (χ2n) is 3.86. The van der Waals surface area contributed by atoms with E-state index in [9.17, 15) is 4.79 Å². The molecule has 2 rings (SSSR count). The Morgan fingerprint density at radius 1 is 1.29 bits per heavy atom. The van der Waals surface area contributed by atoms with Crippen molar-refractivity contribution >= 4 is 11.6 Å². The summed E-state index contributed by atoms with van der Waals surface area (Å²) in [5, 5.41) is 7.45. The van der Waals surface area contributed by atoms with E-state index < -0.39 is 0 Å². The molecule has 0 radical (unpaired) electrons. The number of aromatic nitrogens is 2. The molecule has 0 aliphatic carbocycles. The highest BCUT2D eigenvalue weighted by atomic mass is 16.1. The van der Waals surface area contributed by atoms with Crippen molar-refractivity contribution in [1.29, 1.82) is 0 Å². The molecule has 17 heavy (non-hydrogen) atoms. The largest absolute Gasteiger partial charge is 0.372 e. The van der Waals surface area contributed by atoms with Gasteiger partial charge in [0.05, 0.1) is 16.9 Å². The van der Waals surface area contributed by atoms with E-state index in [0.29, 0.717) is 5.56 Å². The highest BCUT2D eigenvalue weighted by Crippen LogP contribution is 2.23.